The van der Waals surface area contributed by atoms with Crippen molar-refractivity contribution in [3.05, 3.63) is 71.8 Å². The molecule has 0 saturated heterocycles. The predicted octanol–water partition coefficient (Wildman–Crippen LogP) is 1.56. The first-order valence-corrected chi connectivity index (χ1v) is 15.3. The molecule has 0 aliphatic rings. The molecule has 0 saturated carbocycles. The molecule has 2 aromatic carbocycles. The van der Waals surface area contributed by atoms with Gasteiger partial charge in [0.1, 0.15) is 12.1 Å². The number of hydrogen-bond donors (Lipinski definition) is 2. The molecule has 2 N–H and O–H groups in total. The first kappa shape index (κ1) is 30.4. The highest BCUT2D eigenvalue weighted by atomic mass is 32.2. The average molecular weight is 555 g/mol. The average Bonchev–Trinajstić information content (AvgIpc) is 2.84. The van der Waals surface area contributed by atoms with Crippen LogP contribution in [0.5, 0.6) is 0 Å². The van der Waals surface area contributed by atoms with Crippen LogP contribution in [-0.4, -0.2) is 65.6 Å². The summed E-state index contributed by atoms with van der Waals surface area (Å²) in [4.78, 5) is 24.7. The van der Waals surface area contributed by atoms with Crippen molar-refractivity contribution in [2.24, 2.45) is 0 Å². The Kier molecular flexibility index (Phi) is 12.2. The van der Waals surface area contributed by atoms with Crippen LogP contribution in [0.4, 0.5) is 0 Å². The van der Waals surface area contributed by atoms with Crippen LogP contribution in [0, 0.1) is 0 Å². The van der Waals surface area contributed by atoms with Gasteiger partial charge >= 0.3 is 11.9 Å². The maximum absolute atomic E-state index is 12.7. The van der Waals surface area contributed by atoms with Crippen molar-refractivity contribution in [1.82, 2.24) is 9.44 Å². The minimum Gasteiger partial charge on any atom is -0.465 e. The van der Waals surface area contributed by atoms with E-state index in [2.05, 4.69) is 9.44 Å². The third-order valence-corrected chi connectivity index (χ3v) is 8.12. The summed E-state index contributed by atoms with van der Waals surface area (Å²) in [5.74, 6) is -2.52. The Balaban J connectivity index is 2.00. The van der Waals surface area contributed by atoms with Crippen LogP contribution in [-0.2, 0) is 52.0 Å². The van der Waals surface area contributed by atoms with Crippen LogP contribution in [0.15, 0.2) is 60.7 Å². The van der Waals surface area contributed by atoms with Crippen LogP contribution < -0.4 is 9.44 Å². The summed E-state index contributed by atoms with van der Waals surface area (Å²) in [6, 6.07) is 15.4. The highest BCUT2D eigenvalue weighted by Crippen LogP contribution is 2.09. The first-order chi connectivity index (χ1) is 17.5. The lowest BCUT2D eigenvalue weighted by Gasteiger charge is -2.19. The van der Waals surface area contributed by atoms with E-state index < -0.39 is 55.6 Å². The van der Waals surface area contributed by atoms with Gasteiger partial charge in [0, 0.05) is 0 Å². The minimum atomic E-state index is -4.02. The van der Waals surface area contributed by atoms with Crippen LogP contribution in [0.3, 0.4) is 0 Å². The molecule has 0 heterocycles. The highest BCUT2D eigenvalue weighted by molar-refractivity contribution is 7.90. The van der Waals surface area contributed by atoms with E-state index in [4.69, 9.17) is 9.47 Å². The van der Waals surface area contributed by atoms with E-state index in [0.717, 1.165) is 11.1 Å². The molecule has 0 aromatic heterocycles. The quantitative estimate of drug-likeness (QED) is 0.298. The van der Waals surface area contributed by atoms with E-state index in [1.165, 1.54) is 0 Å². The monoisotopic (exact) mass is 554 g/mol. The Morgan fingerprint density at radius 1 is 0.676 bits per heavy atom. The molecule has 37 heavy (non-hydrogen) atoms. The topological polar surface area (TPSA) is 145 Å². The van der Waals surface area contributed by atoms with Gasteiger partial charge in [-0.15, -0.1) is 0 Å². The fraction of sp³-hybridized carbons (Fsp3) is 0.440. The third kappa shape index (κ3) is 11.4. The van der Waals surface area contributed by atoms with Crippen LogP contribution >= 0.6 is 0 Å². The normalized spacial score (nSPS) is 13.5. The van der Waals surface area contributed by atoms with Crippen molar-refractivity contribution < 1.29 is 35.9 Å². The molecule has 0 unspecified atom stereocenters. The summed E-state index contributed by atoms with van der Waals surface area (Å²) in [5, 5.41) is 0. The molecule has 2 rings (SSSR count). The Bertz CT molecular complexity index is 1110. The summed E-state index contributed by atoms with van der Waals surface area (Å²) in [7, 11) is -8.05. The number of nitrogens with one attached hydrogen (secondary N) is 2. The van der Waals surface area contributed by atoms with Crippen molar-refractivity contribution in [2.75, 3.05) is 24.7 Å². The van der Waals surface area contributed by atoms with Gasteiger partial charge in [0.15, 0.2) is 0 Å². The van der Waals surface area contributed by atoms with Gasteiger partial charge in [0.25, 0.3) is 0 Å². The fourth-order valence-corrected chi connectivity index (χ4v) is 6.22. The molecule has 2 aromatic rings. The van der Waals surface area contributed by atoms with Crippen molar-refractivity contribution >= 4 is 32.0 Å². The highest BCUT2D eigenvalue weighted by Gasteiger charge is 2.28. The van der Waals surface area contributed by atoms with E-state index in [9.17, 15) is 26.4 Å². The number of carbonyl (C=O) groups excluding carboxylic acids is 2. The molecule has 0 fully saturated rings. The number of carbonyl (C=O) groups is 2. The van der Waals surface area contributed by atoms with E-state index in [1.807, 2.05) is 0 Å². The Morgan fingerprint density at radius 3 is 1.35 bits per heavy atom. The number of sulfonamides is 2. The molecule has 204 valence electrons. The fourth-order valence-electron chi connectivity index (χ4n) is 3.52. The van der Waals surface area contributed by atoms with Gasteiger partial charge in [0.2, 0.25) is 20.0 Å². The van der Waals surface area contributed by atoms with Crippen molar-refractivity contribution in [2.45, 2.75) is 45.2 Å². The lowest BCUT2D eigenvalue weighted by atomic mass is 10.1. The zero-order valence-electron chi connectivity index (χ0n) is 21.0. The Labute approximate surface area is 218 Å². The molecule has 0 aliphatic carbocycles. The lowest BCUT2D eigenvalue weighted by Crippen LogP contribution is -2.45. The van der Waals surface area contributed by atoms with Gasteiger partial charge in [-0.1, -0.05) is 60.7 Å². The summed E-state index contributed by atoms with van der Waals surface area (Å²) in [6.07, 6.45) is -0.0919. The van der Waals surface area contributed by atoms with Gasteiger partial charge in [-0.25, -0.2) is 26.3 Å². The molecular formula is C25H34N2O8S2. The molecule has 0 aliphatic heterocycles. The molecule has 0 bridgehead atoms. The van der Waals surface area contributed by atoms with Crippen LogP contribution in [0.1, 0.15) is 31.4 Å². The third-order valence-electron chi connectivity index (χ3n) is 5.18. The molecule has 0 radical (unpaired) electrons. The van der Waals surface area contributed by atoms with Gasteiger partial charge in [-0.2, -0.15) is 0 Å². The van der Waals surface area contributed by atoms with E-state index in [1.54, 1.807) is 74.5 Å². The number of benzene rings is 2. The minimum absolute atomic E-state index is 0.0828. The molecule has 0 spiro atoms. The Hall–Kier alpha value is -2.80. The van der Waals surface area contributed by atoms with E-state index in [0.29, 0.717) is 0 Å². The zero-order valence-corrected chi connectivity index (χ0v) is 22.6. The number of rotatable bonds is 16. The van der Waals surface area contributed by atoms with Gasteiger partial charge in [-0.3, -0.25) is 9.59 Å². The molecule has 10 nitrogen and oxygen atoms in total. The molecular weight excluding hydrogens is 520 g/mol. The second-order valence-electron chi connectivity index (χ2n) is 8.22. The van der Waals surface area contributed by atoms with Gasteiger partial charge < -0.3 is 9.47 Å². The summed E-state index contributed by atoms with van der Waals surface area (Å²) in [5.41, 5.74) is 1.47. The second-order valence-corrected chi connectivity index (χ2v) is 12.0. The van der Waals surface area contributed by atoms with E-state index in [-0.39, 0.29) is 32.5 Å². The van der Waals surface area contributed by atoms with Crippen LogP contribution in [0.2, 0.25) is 0 Å². The van der Waals surface area contributed by atoms with Crippen molar-refractivity contribution in [3.63, 3.8) is 0 Å². The number of hydrogen-bond acceptors (Lipinski definition) is 8. The maximum Gasteiger partial charge on any atom is 0.324 e. The lowest BCUT2D eigenvalue weighted by molar-refractivity contribution is -0.145. The van der Waals surface area contributed by atoms with Gasteiger partial charge in [-0.05, 0) is 44.2 Å². The second kappa shape index (κ2) is 14.8. The first-order valence-electron chi connectivity index (χ1n) is 12.0. The number of ether oxygens (including phenoxy) is 2. The largest absolute Gasteiger partial charge is 0.465 e. The zero-order chi connectivity index (χ0) is 27.3. The van der Waals surface area contributed by atoms with Crippen molar-refractivity contribution in [1.29, 1.82) is 0 Å². The molecule has 0 amide bonds. The van der Waals surface area contributed by atoms with E-state index >= 15 is 0 Å². The van der Waals surface area contributed by atoms with Crippen LogP contribution in [0.25, 0.3) is 0 Å². The van der Waals surface area contributed by atoms with Gasteiger partial charge in [0.05, 0.1) is 24.7 Å². The molecule has 2 atom stereocenters. The maximum atomic E-state index is 12.7. The summed E-state index contributed by atoms with van der Waals surface area (Å²) < 4.78 is 65.4. The standard InChI is InChI=1S/C25H34N2O8S2/c1-3-34-24(28)22(18-20-12-7-5-8-13-20)26-36(30,31)16-11-17-37(32,33)27-23(25(29)35-4-2)19-21-14-9-6-10-15-21/h5-10,12-15,22-23,26-27H,3-4,11,16-19H2,1-2H3/t22-,23-/m0/s1. The predicted molar refractivity (Wildman–Crippen MR) is 140 cm³/mol. The summed E-state index contributed by atoms with van der Waals surface area (Å²) >= 11 is 0. The smallest absolute Gasteiger partial charge is 0.324 e. The molecule has 12 heteroatoms. The number of esters is 2. The van der Waals surface area contributed by atoms with Crippen molar-refractivity contribution in [3.8, 4) is 0 Å². The Morgan fingerprint density at radius 2 is 1.03 bits per heavy atom. The summed E-state index contributed by atoms with van der Waals surface area (Å²) in [6.45, 7) is 3.40. The SMILES string of the molecule is CCOC(=O)[C@H](Cc1ccccc1)NS(=O)(=O)CCCS(=O)(=O)N[C@@H](Cc1ccccc1)C(=O)OCC.